The Morgan fingerprint density at radius 2 is 1.81 bits per heavy atom. The highest BCUT2D eigenvalue weighted by atomic mass is 19.4. The molecule has 2 rings (SSSR count). The predicted molar refractivity (Wildman–Crippen MR) is 71.6 cm³/mol. The van der Waals surface area contributed by atoms with Crippen LogP contribution in [0.3, 0.4) is 0 Å². The molecule has 0 aliphatic heterocycles. The van der Waals surface area contributed by atoms with Gasteiger partial charge in [0.15, 0.2) is 0 Å². The van der Waals surface area contributed by atoms with Crippen molar-refractivity contribution in [3.8, 4) is 5.75 Å². The first-order chi connectivity index (χ1) is 9.85. The van der Waals surface area contributed by atoms with Crippen LogP contribution in [-0.2, 0) is 6.54 Å². The molecule has 2 nitrogen and oxygen atoms in total. The zero-order valence-corrected chi connectivity index (χ0v) is 11.2. The maximum Gasteiger partial charge on any atom is 0.573 e. The van der Waals surface area contributed by atoms with E-state index in [9.17, 15) is 17.6 Å². The van der Waals surface area contributed by atoms with E-state index in [1.54, 1.807) is 25.1 Å². The lowest BCUT2D eigenvalue weighted by Gasteiger charge is -2.14. The summed E-state index contributed by atoms with van der Waals surface area (Å²) in [5.74, 6) is -0.764. The van der Waals surface area contributed by atoms with Crippen LogP contribution in [-0.4, -0.2) is 6.36 Å². The maximum atomic E-state index is 13.6. The zero-order valence-electron chi connectivity index (χ0n) is 11.2. The molecule has 0 aliphatic carbocycles. The molecule has 0 heterocycles. The number of para-hydroxylation sites is 1. The smallest absolute Gasteiger partial charge is 0.405 e. The van der Waals surface area contributed by atoms with E-state index in [-0.39, 0.29) is 23.5 Å². The van der Waals surface area contributed by atoms with Gasteiger partial charge in [-0.15, -0.1) is 13.2 Å². The van der Waals surface area contributed by atoms with Gasteiger partial charge in [0.05, 0.1) is 5.69 Å². The molecule has 0 saturated heterocycles. The first-order valence-corrected chi connectivity index (χ1v) is 6.19. The predicted octanol–water partition coefficient (Wildman–Crippen LogP) is 4.64. The minimum Gasteiger partial charge on any atom is -0.405 e. The Balaban J connectivity index is 2.15. The van der Waals surface area contributed by atoms with Crippen LogP contribution in [0.4, 0.5) is 23.2 Å². The number of aryl methyl sites for hydroxylation is 1. The second-order valence-corrected chi connectivity index (χ2v) is 4.49. The number of alkyl halides is 3. The first-order valence-electron chi connectivity index (χ1n) is 6.19. The Morgan fingerprint density at radius 3 is 2.52 bits per heavy atom. The summed E-state index contributed by atoms with van der Waals surface area (Å²) in [6, 6.07) is 10.2. The topological polar surface area (TPSA) is 21.3 Å². The van der Waals surface area contributed by atoms with Gasteiger partial charge in [-0.2, -0.15) is 0 Å². The van der Waals surface area contributed by atoms with E-state index < -0.39 is 12.2 Å². The monoisotopic (exact) mass is 299 g/mol. The highest BCUT2D eigenvalue weighted by molar-refractivity contribution is 5.48. The van der Waals surface area contributed by atoms with Gasteiger partial charge in [-0.3, -0.25) is 0 Å². The summed E-state index contributed by atoms with van der Waals surface area (Å²) < 4.78 is 54.4. The third kappa shape index (κ3) is 4.37. The second-order valence-electron chi connectivity index (χ2n) is 4.49. The van der Waals surface area contributed by atoms with Gasteiger partial charge in [0.25, 0.3) is 0 Å². The van der Waals surface area contributed by atoms with Gasteiger partial charge in [-0.05, 0) is 30.7 Å². The fraction of sp³-hybridized carbons (Fsp3) is 0.200. The molecular weight excluding hydrogens is 286 g/mol. The van der Waals surface area contributed by atoms with Gasteiger partial charge in [0.2, 0.25) is 0 Å². The Kier molecular flexibility index (Phi) is 4.35. The summed E-state index contributed by atoms with van der Waals surface area (Å²) >= 11 is 0. The number of nitrogens with one attached hydrogen (secondary N) is 1. The van der Waals surface area contributed by atoms with Crippen molar-refractivity contribution in [2.75, 3.05) is 5.32 Å². The van der Waals surface area contributed by atoms with Crippen molar-refractivity contribution in [1.29, 1.82) is 0 Å². The zero-order chi connectivity index (χ0) is 15.5. The third-order valence-corrected chi connectivity index (χ3v) is 2.79. The van der Waals surface area contributed by atoms with Gasteiger partial charge >= 0.3 is 6.36 Å². The van der Waals surface area contributed by atoms with E-state index in [0.29, 0.717) is 0 Å². The lowest BCUT2D eigenvalue weighted by atomic mass is 10.1. The van der Waals surface area contributed by atoms with Crippen molar-refractivity contribution in [3.05, 3.63) is 59.4 Å². The summed E-state index contributed by atoms with van der Waals surface area (Å²) in [5.41, 5.74) is 1.37. The first kappa shape index (κ1) is 15.2. The van der Waals surface area contributed by atoms with E-state index in [2.05, 4.69) is 10.1 Å². The van der Waals surface area contributed by atoms with Crippen molar-refractivity contribution in [3.63, 3.8) is 0 Å². The number of rotatable bonds is 4. The van der Waals surface area contributed by atoms with E-state index in [1.807, 2.05) is 0 Å². The standard InChI is InChI=1S/C15H13F4NO/c1-10-6-7-12(16)13(8-10)20-9-11-4-2-3-5-14(11)21-15(17,18)19/h2-8,20H,9H2,1H3. The summed E-state index contributed by atoms with van der Waals surface area (Å²) in [4.78, 5) is 0. The summed E-state index contributed by atoms with van der Waals surface area (Å²) in [5, 5.41) is 2.77. The van der Waals surface area contributed by atoms with Gasteiger partial charge < -0.3 is 10.1 Å². The van der Waals surface area contributed by atoms with Gasteiger partial charge in [0, 0.05) is 12.1 Å². The Hall–Kier alpha value is -2.24. The summed E-state index contributed by atoms with van der Waals surface area (Å²) in [7, 11) is 0. The van der Waals surface area contributed by atoms with E-state index in [4.69, 9.17) is 0 Å². The molecule has 0 amide bonds. The molecule has 0 unspecified atom stereocenters. The van der Waals surface area contributed by atoms with E-state index >= 15 is 0 Å². The molecule has 1 N–H and O–H groups in total. The third-order valence-electron chi connectivity index (χ3n) is 2.79. The molecular formula is C15H13F4NO. The SMILES string of the molecule is Cc1ccc(F)c(NCc2ccccc2OC(F)(F)F)c1. The Morgan fingerprint density at radius 1 is 1.10 bits per heavy atom. The van der Waals surface area contributed by atoms with Crippen LogP contribution in [0.25, 0.3) is 0 Å². The number of hydrogen-bond donors (Lipinski definition) is 1. The van der Waals surface area contributed by atoms with Crippen LogP contribution in [0.5, 0.6) is 5.75 Å². The molecule has 0 aromatic heterocycles. The Bertz CT molecular complexity index is 625. The van der Waals surface area contributed by atoms with Crippen molar-refractivity contribution >= 4 is 5.69 Å². The fourth-order valence-corrected chi connectivity index (χ4v) is 1.84. The number of hydrogen-bond acceptors (Lipinski definition) is 2. The second kappa shape index (κ2) is 6.03. The lowest BCUT2D eigenvalue weighted by Crippen LogP contribution is -2.18. The molecule has 112 valence electrons. The molecule has 0 spiro atoms. The van der Waals surface area contributed by atoms with Crippen molar-refractivity contribution in [2.45, 2.75) is 19.8 Å². The van der Waals surface area contributed by atoms with Crippen LogP contribution in [0.1, 0.15) is 11.1 Å². The van der Waals surface area contributed by atoms with E-state index in [0.717, 1.165) is 5.56 Å². The average Bonchev–Trinajstić information content (AvgIpc) is 2.39. The van der Waals surface area contributed by atoms with Crippen molar-refractivity contribution < 1.29 is 22.3 Å². The molecule has 0 bridgehead atoms. The summed E-state index contributed by atoms with van der Waals surface area (Å²) in [6.07, 6.45) is -4.76. The molecule has 6 heteroatoms. The average molecular weight is 299 g/mol. The number of anilines is 1. The van der Waals surface area contributed by atoms with Crippen LogP contribution < -0.4 is 10.1 Å². The quantitative estimate of drug-likeness (QED) is 0.830. The molecule has 0 aliphatic rings. The van der Waals surface area contributed by atoms with Crippen LogP contribution in [0.2, 0.25) is 0 Å². The normalized spacial score (nSPS) is 11.3. The number of halogens is 4. The van der Waals surface area contributed by atoms with Crippen LogP contribution in [0, 0.1) is 12.7 Å². The van der Waals surface area contributed by atoms with Gasteiger partial charge in [-0.1, -0.05) is 24.3 Å². The van der Waals surface area contributed by atoms with Crippen molar-refractivity contribution in [2.24, 2.45) is 0 Å². The minimum absolute atomic E-state index is 0.0205. The highest BCUT2D eigenvalue weighted by Crippen LogP contribution is 2.27. The van der Waals surface area contributed by atoms with Crippen LogP contribution in [0.15, 0.2) is 42.5 Å². The fourth-order valence-electron chi connectivity index (χ4n) is 1.84. The molecule has 0 radical (unpaired) electrons. The van der Waals surface area contributed by atoms with Crippen LogP contribution >= 0.6 is 0 Å². The minimum atomic E-state index is -4.76. The largest absolute Gasteiger partial charge is 0.573 e. The number of benzene rings is 2. The van der Waals surface area contributed by atoms with E-state index in [1.165, 1.54) is 24.3 Å². The molecule has 0 fully saturated rings. The molecule has 2 aromatic carbocycles. The Labute approximate surface area is 119 Å². The highest BCUT2D eigenvalue weighted by Gasteiger charge is 2.31. The van der Waals surface area contributed by atoms with Crippen molar-refractivity contribution in [1.82, 2.24) is 0 Å². The maximum absolute atomic E-state index is 13.6. The molecule has 0 saturated carbocycles. The van der Waals surface area contributed by atoms with Gasteiger partial charge in [0.1, 0.15) is 11.6 Å². The molecule has 0 atom stereocenters. The molecule has 2 aromatic rings. The summed E-state index contributed by atoms with van der Waals surface area (Å²) in [6.45, 7) is 1.82. The van der Waals surface area contributed by atoms with Gasteiger partial charge in [-0.25, -0.2) is 4.39 Å². The number of ether oxygens (including phenoxy) is 1. The molecule has 21 heavy (non-hydrogen) atoms. The lowest BCUT2D eigenvalue weighted by molar-refractivity contribution is -0.274.